The van der Waals surface area contributed by atoms with Crippen molar-refractivity contribution in [1.82, 2.24) is 19.6 Å². The SMILES string of the molecule is Cc1nc2nc(C(F)(F)F)nn2c(C)c1CC(=O)Nc1ccc(Cl)cc1Cl. The zero-order valence-corrected chi connectivity index (χ0v) is 15.5. The van der Waals surface area contributed by atoms with E-state index in [1.807, 2.05) is 0 Å². The molecule has 0 fully saturated rings. The van der Waals surface area contributed by atoms with Crippen molar-refractivity contribution in [2.24, 2.45) is 0 Å². The molecule has 1 amide bonds. The van der Waals surface area contributed by atoms with Crippen LogP contribution in [0.1, 0.15) is 22.8 Å². The first-order chi connectivity index (χ1) is 12.6. The van der Waals surface area contributed by atoms with Crippen molar-refractivity contribution in [2.75, 3.05) is 5.32 Å². The molecule has 0 aliphatic rings. The minimum absolute atomic E-state index is 0.124. The van der Waals surface area contributed by atoms with Crippen LogP contribution in [0.5, 0.6) is 0 Å². The maximum atomic E-state index is 12.8. The molecule has 0 aliphatic carbocycles. The van der Waals surface area contributed by atoms with Gasteiger partial charge in [0.25, 0.3) is 11.6 Å². The number of halogens is 5. The van der Waals surface area contributed by atoms with Crippen molar-refractivity contribution >= 4 is 40.6 Å². The number of fused-ring (bicyclic) bond motifs is 1. The lowest BCUT2D eigenvalue weighted by molar-refractivity contribution is -0.144. The van der Waals surface area contributed by atoms with Crippen LogP contribution in [-0.4, -0.2) is 25.5 Å². The van der Waals surface area contributed by atoms with Gasteiger partial charge in [-0.15, -0.1) is 5.10 Å². The normalized spacial score (nSPS) is 11.8. The van der Waals surface area contributed by atoms with Gasteiger partial charge in [0.2, 0.25) is 5.91 Å². The summed E-state index contributed by atoms with van der Waals surface area (Å²) in [4.78, 5) is 19.8. The number of aromatic nitrogens is 4. The number of nitrogens with one attached hydrogen (secondary N) is 1. The molecule has 0 aliphatic heterocycles. The zero-order valence-electron chi connectivity index (χ0n) is 14.0. The van der Waals surface area contributed by atoms with Gasteiger partial charge in [0, 0.05) is 22.0 Å². The molecule has 1 aromatic carbocycles. The van der Waals surface area contributed by atoms with Gasteiger partial charge in [-0.2, -0.15) is 18.2 Å². The van der Waals surface area contributed by atoms with Gasteiger partial charge in [-0.1, -0.05) is 23.2 Å². The molecule has 0 atom stereocenters. The number of aryl methyl sites for hydroxylation is 2. The molecule has 27 heavy (non-hydrogen) atoms. The zero-order chi connectivity index (χ0) is 19.9. The predicted octanol–water partition coefficient (Wildman–Crippen LogP) is 4.25. The average molecular weight is 418 g/mol. The van der Waals surface area contributed by atoms with E-state index in [0.29, 0.717) is 27.7 Å². The van der Waals surface area contributed by atoms with Crippen LogP contribution in [0.2, 0.25) is 10.0 Å². The van der Waals surface area contributed by atoms with Gasteiger partial charge < -0.3 is 5.32 Å². The quantitative estimate of drug-likeness (QED) is 0.691. The number of amides is 1. The fourth-order valence-electron chi connectivity index (χ4n) is 2.53. The first-order valence-electron chi connectivity index (χ1n) is 7.61. The summed E-state index contributed by atoms with van der Waals surface area (Å²) in [7, 11) is 0. The topological polar surface area (TPSA) is 72.2 Å². The highest BCUT2D eigenvalue weighted by molar-refractivity contribution is 6.36. The Bertz CT molecular complexity index is 1050. The molecule has 0 radical (unpaired) electrons. The molecule has 0 saturated heterocycles. The Morgan fingerprint density at radius 2 is 1.93 bits per heavy atom. The van der Waals surface area contributed by atoms with Gasteiger partial charge in [-0.3, -0.25) is 4.79 Å². The second kappa shape index (κ2) is 6.97. The molecular weight excluding hydrogens is 406 g/mol. The van der Waals surface area contributed by atoms with Crippen LogP contribution in [0.25, 0.3) is 5.78 Å². The fraction of sp³-hybridized carbons (Fsp3) is 0.250. The third-order valence-corrected chi connectivity index (χ3v) is 4.39. The standard InChI is InChI=1S/C16H12Cl2F3N5O/c1-7-10(6-13(27)23-12-4-3-9(17)5-11(12)18)8(2)26-15(22-7)24-14(25-26)16(19,20)21/h3-5H,6H2,1-2H3,(H,23,27). The largest absolute Gasteiger partial charge is 0.453 e. The summed E-state index contributed by atoms with van der Waals surface area (Å²) in [5.74, 6) is -1.88. The Kier molecular flexibility index (Phi) is 5.00. The highest BCUT2D eigenvalue weighted by Crippen LogP contribution is 2.28. The Hall–Kier alpha value is -2.39. The smallest absolute Gasteiger partial charge is 0.324 e. The lowest BCUT2D eigenvalue weighted by Crippen LogP contribution is -2.18. The number of hydrogen-bond donors (Lipinski definition) is 1. The molecule has 11 heteroatoms. The third-order valence-electron chi connectivity index (χ3n) is 3.85. The Morgan fingerprint density at radius 3 is 2.56 bits per heavy atom. The number of carbonyl (C=O) groups excluding carboxylic acids is 1. The average Bonchev–Trinajstić information content (AvgIpc) is 2.98. The van der Waals surface area contributed by atoms with Crippen molar-refractivity contribution in [2.45, 2.75) is 26.4 Å². The molecule has 0 bridgehead atoms. The van der Waals surface area contributed by atoms with Gasteiger partial charge in [0.15, 0.2) is 0 Å². The minimum Gasteiger partial charge on any atom is -0.324 e. The minimum atomic E-state index is -4.68. The molecular formula is C16H12Cl2F3N5O. The van der Waals surface area contributed by atoms with E-state index in [1.165, 1.54) is 6.07 Å². The molecule has 3 rings (SSSR count). The van der Waals surface area contributed by atoms with E-state index >= 15 is 0 Å². The molecule has 2 aromatic heterocycles. The van der Waals surface area contributed by atoms with E-state index in [9.17, 15) is 18.0 Å². The van der Waals surface area contributed by atoms with E-state index < -0.39 is 17.9 Å². The van der Waals surface area contributed by atoms with E-state index in [4.69, 9.17) is 23.2 Å². The number of hydrogen-bond acceptors (Lipinski definition) is 4. The summed E-state index contributed by atoms with van der Waals surface area (Å²) >= 11 is 11.8. The van der Waals surface area contributed by atoms with Crippen LogP contribution in [0.15, 0.2) is 18.2 Å². The molecule has 0 unspecified atom stereocenters. The van der Waals surface area contributed by atoms with Gasteiger partial charge >= 0.3 is 6.18 Å². The summed E-state index contributed by atoms with van der Waals surface area (Å²) in [6.07, 6.45) is -4.81. The fourth-order valence-corrected chi connectivity index (χ4v) is 2.99. The monoisotopic (exact) mass is 417 g/mol. The maximum absolute atomic E-state index is 12.8. The highest BCUT2D eigenvalue weighted by atomic mass is 35.5. The summed E-state index contributed by atoms with van der Waals surface area (Å²) in [5.41, 5.74) is 1.55. The predicted molar refractivity (Wildman–Crippen MR) is 94.1 cm³/mol. The van der Waals surface area contributed by atoms with Crippen molar-refractivity contribution < 1.29 is 18.0 Å². The summed E-state index contributed by atoms with van der Waals surface area (Å²) < 4.78 is 39.5. The van der Waals surface area contributed by atoms with Crippen LogP contribution in [0.3, 0.4) is 0 Å². The van der Waals surface area contributed by atoms with E-state index in [0.717, 1.165) is 4.52 Å². The summed E-state index contributed by atoms with van der Waals surface area (Å²) in [5, 5.41) is 6.78. The lowest BCUT2D eigenvalue weighted by Gasteiger charge is -2.11. The van der Waals surface area contributed by atoms with Crippen LogP contribution in [-0.2, 0) is 17.4 Å². The second-order valence-electron chi connectivity index (χ2n) is 5.76. The Morgan fingerprint density at radius 1 is 1.22 bits per heavy atom. The van der Waals surface area contributed by atoms with Crippen LogP contribution >= 0.6 is 23.2 Å². The lowest BCUT2D eigenvalue weighted by atomic mass is 10.1. The second-order valence-corrected chi connectivity index (χ2v) is 6.60. The number of alkyl halides is 3. The Balaban J connectivity index is 1.91. The number of benzene rings is 1. The maximum Gasteiger partial charge on any atom is 0.453 e. The summed E-state index contributed by atoms with van der Waals surface area (Å²) in [6, 6.07) is 4.61. The van der Waals surface area contributed by atoms with Crippen LogP contribution in [0, 0.1) is 13.8 Å². The number of carbonyl (C=O) groups is 1. The molecule has 2 heterocycles. The first-order valence-corrected chi connectivity index (χ1v) is 8.37. The molecule has 0 spiro atoms. The van der Waals surface area contributed by atoms with Crippen LogP contribution < -0.4 is 5.32 Å². The van der Waals surface area contributed by atoms with Gasteiger partial charge in [-0.05, 0) is 32.0 Å². The van der Waals surface area contributed by atoms with Gasteiger partial charge in [-0.25, -0.2) is 9.50 Å². The highest BCUT2D eigenvalue weighted by Gasteiger charge is 2.37. The molecule has 6 nitrogen and oxygen atoms in total. The number of nitrogens with zero attached hydrogens (tertiary/aromatic N) is 4. The molecule has 3 aromatic rings. The molecule has 0 saturated carbocycles. The number of anilines is 1. The van der Waals surface area contributed by atoms with E-state index in [2.05, 4.69) is 20.4 Å². The van der Waals surface area contributed by atoms with Gasteiger partial charge in [0.1, 0.15) is 0 Å². The molecule has 142 valence electrons. The third kappa shape index (κ3) is 3.98. The Labute approximate surface area is 161 Å². The van der Waals surface area contributed by atoms with Gasteiger partial charge in [0.05, 0.1) is 17.1 Å². The van der Waals surface area contributed by atoms with E-state index in [-0.39, 0.29) is 17.2 Å². The van der Waals surface area contributed by atoms with Crippen molar-refractivity contribution in [3.8, 4) is 0 Å². The van der Waals surface area contributed by atoms with Crippen molar-refractivity contribution in [3.05, 3.63) is 51.0 Å². The molecule has 1 N–H and O–H groups in total. The number of rotatable bonds is 3. The van der Waals surface area contributed by atoms with E-state index in [1.54, 1.807) is 26.0 Å². The van der Waals surface area contributed by atoms with Crippen molar-refractivity contribution in [1.29, 1.82) is 0 Å². The van der Waals surface area contributed by atoms with Crippen molar-refractivity contribution in [3.63, 3.8) is 0 Å². The van der Waals surface area contributed by atoms with Crippen LogP contribution in [0.4, 0.5) is 18.9 Å². The first kappa shape index (κ1) is 19.4. The summed E-state index contributed by atoms with van der Waals surface area (Å²) in [6.45, 7) is 3.14.